The first-order valence-electron chi connectivity index (χ1n) is 13.2. The summed E-state index contributed by atoms with van der Waals surface area (Å²) in [6, 6.07) is 0. The van der Waals surface area contributed by atoms with E-state index in [-0.39, 0.29) is 6.10 Å². The predicted octanol–water partition coefficient (Wildman–Crippen LogP) is 7.94. The molecule has 0 bridgehead atoms. The van der Waals surface area contributed by atoms with E-state index in [1.807, 2.05) is 0 Å². The van der Waals surface area contributed by atoms with Crippen LogP contribution in [0.5, 0.6) is 0 Å². The average molecular weight is 413 g/mol. The number of aliphatic hydroxyl groups excluding tert-OH is 1. The summed E-state index contributed by atoms with van der Waals surface area (Å²) in [4.78, 5) is 0. The van der Waals surface area contributed by atoms with Gasteiger partial charge in [-0.1, -0.05) is 51.0 Å². The molecule has 4 aliphatic carbocycles. The summed E-state index contributed by atoms with van der Waals surface area (Å²) in [6.45, 7) is 14.7. The lowest BCUT2D eigenvalue weighted by atomic mass is 9.47. The molecule has 1 N–H and O–H groups in total. The highest BCUT2D eigenvalue weighted by atomic mass is 16.3. The van der Waals surface area contributed by atoms with Crippen molar-refractivity contribution in [1.82, 2.24) is 0 Å². The van der Waals surface area contributed by atoms with E-state index in [4.69, 9.17) is 0 Å². The van der Waals surface area contributed by atoms with E-state index in [1.165, 1.54) is 51.4 Å². The third kappa shape index (κ3) is 3.66. The molecule has 4 aliphatic rings. The molecule has 4 rings (SSSR count). The molecule has 0 heterocycles. The van der Waals surface area contributed by atoms with Crippen molar-refractivity contribution < 1.29 is 5.11 Å². The van der Waals surface area contributed by atoms with Gasteiger partial charge in [0.2, 0.25) is 0 Å². The molecule has 3 fully saturated rings. The van der Waals surface area contributed by atoms with E-state index < -0.39 is 0 Å². The van der Waals surface area contributed by atoms with Gasteiger partial charge in [0.1, 0.15) is 0 Å². The van der Waals surface area contributed by atoms with Gasteiger partial charge in [-0.25, -0.2) is 0 Å². The van der Waals surface area contributed by atoms with Crippen LogP contribution < -0.4 is 0 Å². The van der Waals surface area contributed by atoms with Gasteiger partial charge in [-0.05, 0) is 124 Å². The highest BCUT2D eigenvalue weighted by molar-refractivity contribution is 5.25. The van der Waals surface area contributed by atoms with Gasteiger partial charge >= 0.3 is 0 Å². The summed E-state index contributed by atoms with van der Waals surface area (Å²) in [6.07, 6.45) is 17.8. The second kappa shape index (κ2) is 8.42. The second-order valence-corrected chi connectivity index (χ2v) is 12.4. The predicted molar refractivity (Wildman–Crippen MR) is 128 cm³/mol. The number of rotatable bonds is 5. The molecule has 9 atom stereocenters. The average Bonchev–Trinajstić information content (AvgIpc) is 3.09. The van der Waals surface area contributed by atoms with Crippen LogP contribution in [0, 0.1) is 46.3 Å². The summed E-state index contributed by atoms with van der Waals surface area (Å²) in [5.41, 5.74) is 4.12. The van der Waals surface area contributed by atoms with Crippen LogP contribution in [0.15, 0.2) is 23.3 Å². The lowest BCUT2D eigenvalue weighted by Gasteiger charge is -2.58. The SMILES string of the molecule is C/C=C(/C)[C@@H](C)CC[C@@H](C)[C@H]1CC[C@@H]2[C@H]3CC=C4C[C@@H](O)CC[C@]4(C)[C@@H]3CC[C@@]21C. The first-order valence-corrected chi connectivity index (χ1v) is 13.2. The first kappa shape index (κ1) is 22.6. The molecule has 1 heteroatoms. The molecule has 3 saturated carbocycles. The Balaban J connectivity index is 1.47. The molecule has 0 unspecified atom stereocenters. The summed E-state index contributed by atoms with van der Waals surface area (Å²) in [5, 5.41) is 10.2. The number of aliphatic hydroxyl groups is 1. The topological polar surface area (TPSA) is 20.2 Å². The molecular weight excluding hydrogens is 364 g/mol. The van der Waals surface area contributed by atoms with E-state index >= 15 is 0 Å². The molecule has 0 aromatic carbocycles. The summed E-state index contributed by atoms with van der Waals surface area (Å²) in [5.74, 6) is 5.22. The number of hydrogen-bond donors (Lipinski definition) is 1. The smallest absolute Gasteiger partial charge is 0.0577 e. The van der Waals surface area contributed by atoms with E-state index in [9.17, 15) is 5.11 Å². The van der Waals surface area contributed by atoms with E-state index in [2.05, 4.69) is 53.7 Å². The molecule has 1 nitrogen and oxygen atoms in total. The van der Waals surface area contributed by atoms with Crippen LogP contribution in [0.25, 0.3) is 0 Å². The maximum absolute atomic E-state index is 10.2. The van der Waals surface area contributed by atoms with Crippen LogP contribution in [0.3, 0.4) is 0 Å². The van der Waals surface area contributed by atoms with Crippen LogP contribution in [-0.2, 0) is 0 Å². The maximum atomic E-state index is 10.2. The fourth-order valence-corrected chi connectivity index (χ4v) is 8.84. The molecule has 0 spiro atoms. The van der Waals surface area contributed by atoms with Crippen molar-refractivity contribution in [3.8, 4) is 0 Å². The summed E-state index contributed by atoms with van der Waals surface area (Å²) in [7, 11) is 0. The Morgan fingerprint density at radius 2 is 1.87 bits per heavy atom. The lowest BCUT2D eigenvalue weighted by molar-refractivity contribution is -0.0573. The van der Waals surface area contributed by atoms with Crippen LogP contribution >= 0.6 is 0 Å². The Morgan fingerprint density at radius 3 is 2.60 bits per heavy atom. The molecule has 0 amide bonds. The number of allylic oxidation sites excluding steroid dienone is 3. The van der Waals surface area contributed by atoms with Crippen molar-refractivity contribution in [3.05, 3.63) is 23.3 Å². The summed E-state index contributed by atoms with van der Waals surface area (Å²) >= 11 is 0. The van der Waals surface area contributed by atoms with Crippen LogP contribution in [0.2, 0.25) is 0 Å². The van der Waals surface area contributed by atoms with Crippen molar-refractivity contribution in [2.45, 2.75) is 112 Å². The number of hydrogen-bond acceptors (Lipinski definition) is 1. The monoisotopic (exact) mass is 412 g/mol. The highest BCUT2D eigenvalue weighted by Gasteiger charge is 2.59. The van der Waals surface area contributed by atoms with Crippen LogP contribution in [-0.4, -0.2) is 11.2 Å². The molecule has 0 aromatic rings. The summed E-state index contributed by atoms with van der Waals surface area (Å²) < 4.78 is 0. The molecule has 170 valence electrons. The minimum atomic E-state index is -0.0833. The van der Waals surface area contributed by atoms with Gasteiger partial charge in [0, 0.05) is 0 Å². The third-order valence-electron chi connectivity index (χ3n) is 11.1. The fourth-order valence-electron chi connectivity index (χ4n) is 8.84. The van der Waals surface area contributed by atoms with Crippen molar-refractivity contribution in [2.75, 3.05) is 0 Å². The largest absolute Gasteiger partial charge is 0.393 e. The van der Waals surface area contributed by atoms with Crippen molar-refractivity contribution in [3.63, 3.8) is 0 Å². The Hall–Kier alpha value is -0.560. The molecular formula is C29H48O. The highest BCUT2D eigenvalue weighted by Crippen LogP contribution is 2.67. The molecule has 0 radical (unpaired) electrons. The standard InChI is InChI=1S/C29H48O/c1-7-19(2)20(3)8-9-21(4)25-12-13-26-24-11-10-22-18-23(30)14-16-28(22,5)27(24)15-17-29(25,26)6/h7,10,20-21,23-27,30H,8-9,11-18H2,1-6H3/b19-7-/t20-,21+,23-,24+,25+,26+,27+,28-,29+/m0/s1. The van der Waals surface area contributed by atoms with Crippen LogP contribution in [0.1, 0.15) is 106 Å². The minimum absolute atomic E-state index is 0.0833. The Bertz CT molecular complexity index is 688. The van der Waals surface area contributed by atoms with Crippen molar-refractivity contribution in [1.29, 1.82) is 0 Å². The van der Waals surface area contributed by atoms with Crippen molar-refractivity contribution in [2.24, 2.45) is 46.3 Å². The molecule has 0 saturated heterocycles. The fraction of sp³-hybridized carbons (Fsp3) is 0.862. The zero-order valence-corrected chi connectivity index (χ0v) is 20.7. The molecule has 0 aliphatic heterocycles. The zero-order valence-electron chi connectivity index (χ0n) is 20.7. The second-order valence-electron chi connectivity index (χ2n) is 12.4. The Labute approximate surface area is 186 Å². The van der Waals surface area contributed by atoms with E-state index in [0.29, 0.717) is 10.8 Å². The quantitative estimate of drug-likeness (QED) is 0.454. The minimum Gasteiger partial charge on any atom is -0.393 e. The van der Waals surface area contributed by atoms with Crippen LogP contribution in [0.4, 0.5) is 0 Å². The van der Waals surface area contributed by atoms with Gasteiger partial charge in [0.15, 0.2) is 0 Å². The van der Waals surface area contributed by atoms with Gasteiger partial charge in [0.05, 0.1) is 6.10 Å². The van der Waals surface area contributed by atoms with E-state index in [0.717, 1.165) is 48.3 Å². The number of fused-ring (bicyclic) bond motifs is 5. The maximum Gasteiger partial charge on any atom is 0.0577 e. The van der Waals surface area contributed by atoms with E-state index in [1.54, 1.807) is 11.1 Å². The molecule has 0 aromatic heterocycles. The van der Waals surface area contributed by atoms with Gasteiger partial charge in [-0.3, -0.25) is 0 Å². The third-order valence-corrected chi connectivity index (χ3v) is 11.1. The van der Waals surface area contributed by atoms with Gasteiger partial charge < -0.3 is 5.11 Å². The first-order chi connectivity index (χ1) is 14.2. The normalized spacial score (nSPS) is 45.8. The van der Waals surface area contributed by atoms with Crippen molar-refractivity contribution >= 4 is 0 Å². The Morgan fingerprint density at radius 1 is 1.10 bits per heavy atom. The lowest BCUT2D eigenvalue weighted by Crippen LogP contribution is -2.50. The van der Waals surface area contributed by atoms with Gasteiger partial charge in [-0.15, -0.1) is 0 Å². The zero-order chi connectivity index (χ0) is 21.7. The molecule has 30 heavy (non-hydrogen) atoms. The Kier molecular flexibility index (Phi) is 6.35. The van der Waals surface area contributed by atoms with Gasteiger partial charge in [-0.2, -0.15) is 0 Å². The van der Waals surface area contributed by atoms with Gasteiger partial charge in [0.25, 0.3) is 0 Å².